The van der Waals surface area contributed by atoms with Gasteiger partial charge in [0.15, 0.2) is 0 Å². The molecule has 0 bridgehead atoms. The van der Waals surface area contributed by atoms with Crippen LogP contribution < -0.4 is 10.5 Å². The Balaban J connectivity index is 1.85. The molecular formula is C13H12FN3O. The number of hydrogen-bond donors (Lipinski definition) is 1. The van der Waals surface area contributed by atoms with Crippen molar-refractivity contribution in [1.82, 2.24) is 9.97 Å². The zero-order chi connectivity index (χ0) is 12.5. The third-order valence-corrected chi connectivity index (χ3v) is 2.72. The van der Waals surface area contributed by atoms with E-state index in [0.29, 0.717) is 23.4 Å². The van der Waals surface area contributed by atoms with Gasteiger partial charge in [-0.25, -0.2) is 9.37 Å². The van der Waals surface area contributed by atoms with Crippen LogP contribution in [0.25, 0.3) is 0 Å². The van der Waals surface area contributed by atoms with Crippen molar-refractivity contribution in [3.63, 3.8) is 0 Å². The van der Waals surface area contributed by atoms with Gasteiger partial charge in [-0.05, 0) is 37.1 Å². The zero-order valence-corrected chi connectivity index (χ0v) is 9.64. The number of halogens is 1. The lowest BCUT2D eigenvalue weighted by Crippen LogP contribution is -2.00. The Morgan fingerprint density at radius 3 is 2.56 bits per heavy atom. The molecule has 0 atom stereocenters. The topological polar surface area (TPSA) is 61.0 Å². The lowest BCUT2D eigenvalue weighted by molar-refractivity contribution is 0.457. The molecule has 1 aliphatic rings. The van der Waals surface area contributed by atoms with Crippen LogP contribution in [0.5, 0.6) is 11.6 Å². The lowest BCUT2D eigenvalue weighted by atomic mass is 10.3. The number of anilines is 1. The fourth-order valence-electron chi connectivity index (χ4n) is 1.66. The maximum Gasteiger partial charge on any atom is 0.224 e. The Labute approximate surface area is 104 Å². The highest BCUT2D eigenvalue weighted by molar-refractivity contribution is 5.36. The van der Waals surface area contributed by atoms with E-state index < -0.39 is 0 Å². The lowest BCUT2D eigenvalue weighted by Gasteiger charge is -2.07. The Hall–Kier alpha value is -2.17. The molecule has 4 nitrogen and oxygen atoms in total. The fraction of sp³-hybridized carbons (Fsp3) is 0.231. The minimum absolute atomic E-state index is 0.303. The number of hydrogen-bond acceptors (Lipinski definition) is 4. The molecule has 1 aromatic heterocycles. The van der Waals surface area contributed by atoms with Gasteiger partial charge in [-0.1, -0.05) is 0 Å². The van der Waals surface area contributed by atoms with Gasteiger partial charge in [-0.3, -0.25) is 0 Å². The van der Waals surface area contributed by atoms with Crippen LogP contribution in [0.2, 0.25) is 0 Å². The first-order valence-electron chi connectivity index (χ1n) is 5.78. The van der Waals surface area contributed by atoms with Gasteiger partial charge in [0.25, 0.3) is 0 Å². The first-order chi connectivity index (χ1) is 8.70. The number of nitrogens with two attached hydrogens (primary N) is 1. The highest BCUT2D eigenvalue weighted by Crippen LogP contribution is 2.39. The second kappa shape index (κ2) is 4.25. The minimum atomic E-state index is -0.303. The van der Waals surface area contributed by atoms with E-state index in [0.717, 1.165) is 18.7 Å². The first-order valence-corrected chi connectivity index (χ1v) is 5.78. The smallest absolute Gasteiger partial charge is 0.224 e. The van der Waals surface area contributed by atoms with Crippen LogP contribution in [-0.4, -0.2) is 9.97 Å². The standard InChI is InChI=1S/C13H12FN3O/c14-9-3-5-10(6-4-9)18-12-7-11(15)16-13(17-12)8-1-2-8/h3-8H,1-2H2,(H2,15,16,17). The summed E-state index contributed by atoms with van der Waals surface area (Å²) < 4.78 is 18.3. The van der Waals surface area contributed by atoms with Gasteiger partial charge >= 0.3 is 0 Å². The summed E-state index contributed by atoms with van der Waals surface area (Å²) in [4.78, 5) is 8.48. The van der Waals surface area contributed by atoms with E-state index in [9.17, 15) is 4.39 Å². The van der Waals surface area contributed by atoms with E-state index in [1.165, 1.54) is 12.1 Å². The first kappa shape index (κ1) is 11.0. The summed E-state index contributed by atoms with van der Waals surface area (Å²) in [6.07, 6.45) is 2.19. The third-order valence-electron chi connectivity index (χ3n) is 2.72. The van der Waals surface area contributed by atoms with E-state index in [-0.39, 0.29) is 5.82 Å². The number of rotatable bonds is 3. The Morgan fingerprint density at radius 1 is 1.17 bits per heavy atom. The Bertz CT molecular complexity index is 567. The van der Waals surface area contributed by atoms with Crippen molar-refractivity contribution >= 4 is 5.82 Å². The molecule has 1 fully saturated rings. The number of nitrogens with zero attached hydrogens (tertiary/aromatic N) is 2. The van der Waals surface area contributed by atoms with Crippen molar-refractivity contribution in [3.05, 3.63) is 42.0 Å². The third kappa shape index (κ3) is 2.40. The summed E-state index contributed by atoms with van der Waals surface area (Å²) in [5.41, 5.74) is 5.71. The van der Waals surface area contributed by atoms with Crippen molar-refractivity contribution in [2.45, 2.75) is 18.8 Å². The molecular weight excluding hydrogens is 233 g/mol. The second-order valence-corrected chi connectivity index (χ2v) is 4.32. The Morgan fingerprint density at radius 2 is 1.89 bits per heavy atom. The molecule has 1 heterocycles. The van der Waals surface area contributed by atoms with Crippen LogP contribution in [0.1, 0.15) is 24.6 Å². The monoisotopic (exact) mass is 245 g/mol. The molecule has 5 heteroatoms. The summed E-state index contributed by atoms with van der Waals surface area (Å²) in [5, 5.41) is 0. The summed E-state index contributed by atoms with van der Waals surface area (Å²) in [5.74, 6) is 2.15. The minimum Gasteiger partial charge on any atom is -0.439 e. The SMILES string of the molecule is Nc1cc(Oc2ccc(F)cc2)nc(C2CC2)n1. The number of ether oxygens (including phenoxy) is 1. The van der Waals surface area contributed by atoms with Crippen molar-refractivity contribution < 1.29 is 9.13 Å². The van der Waals surface area contributed by atoms with Crippen LogP contribution in [0, 0.1) is 5.82 Å². The number of nitrogen functional groups attached to an aromatic ring is 1. The average molecular weight is 245 g/mol. The van der Waals surface area contributed by atoms with E-state index in [4.69, 9.17) is 10.5 Å². The van der Waals surface area contributed by atoms with Crippen molar-refractivity contribution in [1.29, 1.82) is 0 Å². The van der Waals surface area contributed by atoms with Gasteiger partial charge in [0, 0.05) is 12.0 Å². The highest BCUT2D eigenvalue weighted by Gasteiger charge is 2.27. The number of aromatic nitrogens is 2. The molecule has 1 saturated carbocycles. The average Bonchev–Trinajstić information content (AvgIpc) is 3.15. The second-order valence-electron chi connectivity index (χ2n) is 4.32. The zero-order valence-electron chi connectivity index (χ0n) is 9.64. The predicted octanol–water partition coefficient (Wildman–Crippen LogP) is 2.87. The molecule has 3 rings (SSSR count). The van der Waals surface area contributed by atoms with Crippen molar-refractivity contribution in [2.24, 2.45) is 0 Å². The fourth-order valence-corrected chi connectivity index (χ4v) is 1.66. The normalized spacial score (nSPS) is 14.5. The molecule has 2 N–H and O–H groups in total. The van der Waals surface area contributed by atoms with E-state index in [1.54, 1.807) is 18.2 Å². The molecule has 0 radical (unpaired) electrons. The van der Waals surface area contributed by atoms with Gasteiger partial charge < -0.3 is 10.5 Å². The van der Waals surface area contributed by atoms with Gasteiger partial charge in [0.2, 0.25) is 5.88 Å². The Kier molecular flexibility index (Phi) is 2.59. The van der Waals surface area contributed by atoms with E-state index in [1.807, 2.05) is 0 Å². The van der Waals surface area contributed by atoms with Gasteiger partial charge in [-0.2, -0.15) is 4.98 Å². The molecule has 0 unspecified atom stereocenters. The predicted molar refractivity (Wildman–Crippen MR) is 64.9 cm³/mol. The van der Waals surface area contributed by atoms with Gasteiger partial charge in [0.05, 0.1) is 0 Å². The molecule has 0 saturated heterocycles. The molecule has 0 aliphatic heterocycles. The molecule has 0 spiro atoms. The maximum absolute atomic E-state index is 12.8. The van der Waals surface area contributed by atoms with Gasteiger partial charge in [0.1, 0.15) is 23.2 Å². The summed E-state index contributed by atoms with van der Waals surface area (Å²) in [7, 11) is 0. The highest BCUT2D eigenvalue weighted by atomic mass is 19.1. The number of benzene rings is 1. The summed E-state index contributed by atoms with van der Waals surface area (Å²) in [6.45, 7) is 0. The van der Waals surface area contributed by atoms with Crippen molar-refractivity contribution in [3.8, 4) is 11.6 Å². The van der Waals surface area contributed by atoms with E-state index >= 15 is 0 Å². The summed E-state index contributed by atoms with van der Waals surface area (Å²) in [6, 6.07) is 7.33. The van der Waals surface area contributed by atoms with Crippen molar-refractivity contribution in [2.75, 3.05) is 5.73 Å². The quantitative estimate of drug-likeness (QED) is 0.903. The molecule has 0 amide bonds. The van der Waals surface area contributed by atoms with Gasteiger partial charge in [-0.15, -0.1) is 0 Å². The van der Waals surface area contributed by atoms with Crippen LogP contribution in [0.3, 0.4) is 0 Å². The van der Waals surface area contributed by atoms with Crippen LogP contribution in [0.15, 0.2) is 30.3 Å². The largest absolute Gasteiger partial charge is 0.439 e. The van der Waals surface area contributed by atoms with Crippen LogP contribution >= 0.6 is 0 Å². The van der Waals surface area contributed by atoms with E-state index in [2.05, 4.69) is 9.97 Å². The molecule has 92 valence electrons. The van der Waals surface area contributed by atoms with Crippen LogP contribution in [0.4, 0.5) is 10.2 Å². The summed E-state index contributed by atoms with van der Waals surface area (Å²) >= 11 is 0. The molecule has 2 aromatic rings. The molecule has 1 aliphatic carbocycles. The molecule has 1 aromatic carbocycles. The molecule has 18 heavy (non-hydrogen) atoms. The maximum atomic E-state index is 12.8. The van der Waals surface area contributed by atoms with Crippen LogP contribution in [-0.2, 0) is 0 Å².